The Morgan fingerprint density at radius 3 is 2.21 bits per heavy atom. The van der Waals surface area contributed by atoms with Crippen molar-refractivity contribution in [3.05, 3.63) is 108 Å². The zero-order valence-electron chi connectivity index (χ0n) is 21.2. The highest BCUT2D eigenvalue weighted by atomic mass is 16.5. The number of benzene rings is 2. The molecular weight excluding hydrogens is 496 g/mol. The van der Waals surface area contributed by atoms with Gasteiger partial charge < -0.3 is 14.6 Å². The third kappa shape index (κ3) is 5.18. The summed E-state index contributed by atoms with van der Waals surface area (Å²) in [7, 11) is 3.70. The molecule has 0 amide bonds. The largest absolute Gasteiger partial charge is 0.436 e. The molecule has 0 radical (unpaired) electrons. The lowest BCUT2D eigenvalue weighted by atomic mass is 10.1. The van der Waals surface area contributed by atoms with Crippen LogP contribution in [-0.2, 0) is 20.6 Å². The molecule has 2 aromatic carbocycles. The molecule has 0 atom stereocenters. The van der Waals surface area contributed by atoms with Crippen LogP contribution in [0.25, 0.3) is 22.3 Å². The van der Waals surface area contributed by atoms with Crippen LogP contribution in [0.1, 0.15) is 5.56 Å². The first-order valence-corrected chi connectivity index (χ1v) is 12.1. The van der Waals surface area contributed by atoms with E-state index in [1.807, 2.05) is 62.9 Å². The van der Waals surface area contributed by atoms with Crippen LogP contribution in [0, 0.1) is 0 Å². The maximum Gasteiger partial charge on any atom is 0.263 e. The second-order valence-corrected chi connectivity index (χ2v) is 8.98. The average Bonchev–Trinajstić information content (AvgIpc) is 3.71. The van der Waals surface area contributed by atoms with E-state index in [1.165, 1.54) is 6.26 Å². The van der Waals surface area contributed by atoms with E-state index < -0.39 is 0 Å². The Morgan fingerprint density at radius 2 is 1.56 bits per heavy atom. The second kappa shape index (κ2) is 10.1. The van der Waals surface area contributed by atoms with E-state index >= 15 is 0 Å². The van der Waals surface area contributed by atoms with Crippen LogP contribution in [-0.4, -0.2) is 34.3 Å². The SMILES string of the molecule is Cn1cc(-c2ccc(Cn3c(Nc4ccc(Oc5ccon5)cc4)ncc(-c4cnn(C)c4)c3=O)cc2)cn1. The fourth-order valence-corrected chi connectivity index (χ4v) is 4.16. The molecule has 0 saturated carbocycles. The first-order valence-electron chi connectivity index (χ1n) is 12.1. The van der Waals surface area contributed by atoms with E-state index in [9.17, 15) is 4.79 Å². The number of ether oxygens (including phenoxy) is 1. The third-order valence-electron chi connectivity index (χ3n) is 6.14. The van der Waals surface area contributed by atoms with Gasteiger partial charge in [0.15, 0.2) is 0 Å². The topological polar surface area (TPSA) is 118 Å². The molecule has 11 nitrogen and oxygen atoms in total. The van der Waals surface area contributed by atoms with E-state index in [4.69, 9.17) is 9.26 Å². The van der Waals surface area contributed by atoms with Crippen LogP contribution in [0.4, 0.5) is 11.6 Å². The van der Waals surface area contributed by atoms with Gasteiger partial charge in [0.05, 0.1) is 24.5 Å². The van der Waals surface area contributed by atoms with Crippen molar-refractivity contribution in [2.45, 2.75) is 6.54 Å². The van der Waals surface area contributed by atoms with E-state index in [0.29, 0.717) is 35.2 Å². The summed E-state index contributed by atoms with van der Waals surface area (Å²) in [4.78, 5) is 18.3. The Morgan fingerprint density at radius 1 is 0.846 bits per heavy atom. The summed E-state index contributed by atoms with van der Waals surface area (Å²) in [5.74, 6) is 1.38. The maximum absolute atomic E-state index is 13.7. The minimum Gasteiger partial charge on any atom is -0.436 e. The predicted octanol–water partition coefficient (Wildman–Crippen LogP) is 4.62. The number of nitrogens with one attached hydrogen (secondary N) is 1. The Bertz CT molecular complexity index is 1770. The lowest BCUT2D eigenvalue weighted by Gasteiger charge is -2.15. The van der Waals surface area contributed by atoms with E-state index in [2.05, 4.69) is 25.7 Å². The van der Waals surface area contributed by atoms with Gasteiger partial charge in [-0.3, -0.25) is 18.7 Å². The van der Waals surface area contributed by atoms with Gasteiger partial charge in [-0.15, -0.1) is 0 Å². The van der Waals surface area contributed by atoms with Crippen molar-refractivity contribution in [3.8, 4) is 33.9 Å². The molecule has 4 heterocycles. The van der Waals surface area contributed by atoms with Gasteiger partial charge in [-0.25, -0.2) is 4.98 Å². The third-order valence-corrected chi connectivity index (χ3v) is 6.14. The van der Waals surface area contributed by atoms with E-state index in [1.54, 1.807) is 50.7 Å². The molecule has 0 spiro atoms. The number of anilines is 2. The quantitative estimate of drug-likeness (QED) is 0.309. The van der Waals surface area contributed by atoms with Crippen molar-refractivity contribution in [2.24, 2.45) is 14.1 Å². The Labute approximate surface area is 222 Å². The van der Waals surface area contributed by atoms with Crippen LogP contribution in [0.3, 0.4) is 0 Å². The molecule has 0 aliphatic heterocycles. The molecule has 0 saturated heterocycles. The van der Waals surface area contributed by atoms with Crippen LogP contribution < -0.4 is 15.6 Å². The summed E-state index contributed by atoms with van der Waals surface area (Å²) in [6.45, 7) is 0.322. The van der Waals surface area contributed by atoms with Crippen LogP contribution >= 0.6 is 0 Å². The predicted molar refractivity (Wildman–Crippen MR) is 145 cm³/mol. The lowest BCUT2D eigenvalue weighted by molar-refractivity contribution is 0.367. The lowest BCUT2D eigenvalue weighted by Crippen LogP contribution is -2.25. The molecule has 11 heteroatoms. The van der Waals surface area contributed by atoms with Gasteiger partial charge in [-0.1, -0.05) is 24.3 Å². The van der Waals surface area contributed by atoms with E-state index in [-0.39, 0.29) is 5.56 Å². The summed E-state index contributed by atoms with van der Waals surface area (Å²) >= 11 is 0. The average molecular weight is 521 g/mol. The number of hydrogen-bond donors (Lipinski definition) is 1. The molecule has 4 aromatic heterocycles. The Balaban J connectivity index is 1.31. The van der Waals surface area contributed by atoms with Crippen molar-refractivity contribution in [2.75, 3.05) is 5.32 Å². The molecule has 0 aliphatic carbocycles. The van der Waals surface area contributed by atoms with Gasteiger partial charge >= 0.3 is 0 Å². The fraction of sp³-hybridized carbons (Fsp3) is 0.107. The van der Waals surface area contributed by atoms with Crippen molar-refractivity contribution >= 4 is 11.6 Å². The highest BCUT2D eigenvalue weighted by Crippen LogP contribution is 2.24. The summed E-state index contributed by atoms with van der Waals surface area (Å²) < 4.78 is 15.5. The standard InChI is InChI=1S/C28H24N8O3/c1-34-17-21(13-30-34)20-5-3-19(4-6-20)16-36-27(37)25(22-14-31-35(2)18-22)15-29-28(36)32-23-7-9-24(10-8-23)39-26-11-12-38-33-26/h3-15,17-18H,16H2,1-2H3,(H,29,32). The molecule has 0 aliphatic rings. The van der Waals surface area contributed by atoms with Crippen molar-refractivity contribution in [3.63, 3.8) is 0 Å². The minimum absolute atomic E-state index is 0.178. The molecule has 39 heavy (non-hydrogen) atoms. The molecule has 0 fully saturated rings. The van der Waals surface area contributed by atoms with E-state index in [0.717, 1.165) is 22.4 Å². The summed E-state index contributed by atoms with van der Waals surface area (Å²) in [6.07, 6.45) is 10.3. The molecule has 194 valence electrons. The van der Waals surface area contributed by atoms with Crippen molar-refractivity contribution in [1.29, 1.82) is 0 Å². The van der Waals surface area contributed by atoms with Gasteiger partial charge in [0.1, 0.15) is 12.0 Å². The summed E-state index contributed by atoms with van der Waals surface area (Å²) in [5, 5.41) is 15.5. The Hall–Kier alpha value is -5.45. The first-order chi connectivity index (χ1) is 19.0. The van der Waals surface area contributed by atoms with Gasteiger partial charge in [-0.05, 0) is 40.5 Å². The van der Waals surface area contributed by atoms with Crippen molar-refractivity contribution < 1.29 is 9.26 Å². The molecule has 6 rings (SSSR count). The molecule has 1 N–H and O–H groups in total. The van der Waals surface area contributed by atoms with Crippen LogP contribution in [0.2, 0.25) is 0 Å². The zero-order chi connectivity index (χ0) is 26.8. The summed E-state index contributed by atoms with van der Waals surface area (Å²) in [6, 6.07) is 16.9. The van der Waals surface area contributed by atoms with Gasteiger partial charge in [0.25, 0.3) is 11.4 Å². The van der Waals surface area contributed by atoms with Crippen molar-refractivity contribution in [1.82, 2.24) is 34.3 Å². The Kier molecular flexibility index (Phi) is 6.21. The second-order valence-electron chi connectivity index (χ2n) is 8.98. The molecule has 6 aromatic rings. The highest BCUT2D eigenvalue weighted by molar-refractivity contribution is 5.63. The monoisotopic (exact) mass is 520 g/mol. The highest BCUT2D eigenvalue weighted by Gasteiger charge is 2.15. The van der Waals surface area contributed by atoms with Gasteiger partial charge in [0, 0.05) is 55.6 Å². The number of aromatic nitrogens is 7. The van der Waals surface area contributed by atoms with Gasteiger partial charge in [0.2, 0.25) is 5.95 Å². The minimum atomic E-state index is -0.178. The van der Waals surface area contributed by atoms with Crippen LogP contribution in [0.5, 0.6) is 11.6 Å². The number of hydrogen-bond acceptors (Lipinski definition) is 8. The molecule has 0 bridgehead atoms. The fourth-order valence-electron chi connectivity index (χ4n) is 4.16. The number of rotatable bonds is 8. The molecule has 0 unspecified atom stereocenters. The maximum atomic E-state index is 13.7. The molecular formula is C28H24N8O3. The first kappa shape index (κ1) is 23.9. The normalized spacial score (nSPS) is 11.0. The van der Waals surface area contributed by atoms with Gasteiger partial charge in [-0.2, -0.15) is 10.2 Å². The summed E-state index contributed by atoms with van der Waals surface area (Å²) in [5.41, 5.74) is 4.77. The van der Waals surface area contributed by atoms with Crippen LogP contribution in [0.15, 0.2) is 101 Å². The number of aryl methyl sites for hydroxylation is 2. The zero-order valence-corrected chi connectivity index (χ0v) is 21.2. The smallest absolute Gasteiger partial charge is 0.263 e. The number of nitrogens with zero attached hydrogens (tertiary/aromatic N) is 7.